The Hall–Kier alpha value is -1.27. The molecule has 2 heterocycles. The van der Waals surface area contributed by atoms with Gasteiger partial charge in [-0.05, 0) is 33.8 Å². The molecule has 0 aromatic carbocycles. The zero-order valence-electron chi connectivity index (χ0n) is 10.4. The van der Waals surface area contributed by atoms with Gasteiger partial charge < -0.3 is 14.4 Å². The largest absolute Gasteiger partial charge is 0.496 e. The molecule has 0 atom stereocenters. The van der Waals surface area contributed by atoms with Crippen molar-refractivity contribution in [2.24, 2.45) is 0 Å². The van der Waals surface area contributed by atoms with Crippen LogP contribution in [0.25, 0.3) is 0 Å². The zero-order chi connectivity index (χ0) is 12.8. The topological polar surface area (TPSA) is 60.7 Å². The molecule has 1 saturated heterocycles. The van der Waals surface area contributed by atoms with Crippen LogP contribution >= 0.6 is 0 Å². The second-order valence-electron chi connectivity index (χ2n) is 5.22. The van der Waals surface area contributed by atoms with Crippen LogP contribution in [0.2, 0.25) is 0 Å². The standard InChI is InChI=1S/C11H16BNO4/c1-10(2)11(3,4)17-12(16-10)8-5-6-13(7-8)9(14)15/h5-7H,1-4H3,(H,14,15). The van der Waals surface area contributed by atoms with Gasteiger partial charge in [0.05, 0.1) is 11.2 Å². The van der Waals surface area contributed by atoms with Crippen molar-refractivity contribution < 1.29 is 19.2 Å². The smallest absolute Gasteiger partial charge is 0.464 e. The molecule has 1 fully saturated rings. The predicted octanol–water partition coefficient (Wildman–Crippen LogP) is 1.31. The Morgan fingerprint density at radius 3 is 2.24 bits per heavy atom. The van der Waals surface area contributed by atoms with Crippen LogP contribution in [0.4, 0.5) is 4.79 Å². The van der Waals surface area contributed by atoms with Crippen LogP contribution in [0.5, 0.6) is 0 Å². The predicted molar refractivity (Wildman–Crippen MR) is 63.6 cm³/mol. The van der Waals surface area contributed by atoms with Crippen molar-refractivity contribution in [2.75, 3.05) is 0 Å². The Labute approximate surface area is 100 Å². The quantitative estimate of drug-likeness (QED) is 0.748. The Balaban J connectivity index is 2.23. The highest BCUT2D eigenvalue weighted by atomic mass is 16.7. The van der Waals surface area contributed by atoms with Gasteiger partial charge in [-0.3, -0.25) is 4.57 Å². The van der Waals surface area contributed by atoms with E-state index < -0.39 is 24.4 Å². The summed E-state index contributed by atoms with van der Waals surface area (Å²) in [6.07, 6.45) is 1.96. The molecule has 5 nitrogen and oxygen atoms in total. The van der Waals surface area contributed by atoms with Crippen LogP contribution in [0.1, 0.15) is 27.7 Å². The van der Waals surface area contributed by atoms with E-state index in [1.165, 1.54) is 12.4 Å². The van der Waals surface area contributed by atoms with E-state index in [9.17, 15) is 4.79 Å². The molecule has 2 rings (SSSR count). The summed E-state index contributed by atoms with van der Waals surface area (Å²) in [4.78, 5) is 10.8. The van der Waals surface area contributed by atoms with E-state index in [4.69, 9.17) is 14.4 Å². The summed E-state index contributed by atoms with van der Waals surface area (Å²) in [5.41, 5.74) is -0.113. The normalized spacial score (nSPS) is 21.8. The number of nitrogens with zero attached hydrogens (tertiary/aromatic N) is 1. The summed E-state index contributed by atoms with van der Waals surface area (Å²) in [6, 6.07) is 1.69. The Kier molecular flexibility index (Phi) is 2.59. The highest BCUT2D eigenvalue weighted by Crippen LogP contribution is 2.36. The van der Waals surface area contributed by atoms with E-state index in [1.807, 2.05) is 27.7 Å². The van der Waals surface area contributed by atoms with E-state index in [0.717, 1.165) is 4.57 Å². The number of rotatable bonds is 1. The molecule has 1 N–H and O–H groups in total. The highest BCUT2D eigenvalue weighted by Gasteiger charge is 2.51. The third kappa shape index (κ3) is 1.98. The molecule has 0 saturated carbocycles. The average molecular weight is 237 g/mol. The first kappa shape index (κ1) is 12.2. The molecule has 0 amide bonds. The maximum atomic E-state index is 10.8. The van der Waals surface area contributed by atoms with Gasteiger partial charge in [-0.15, -0.1) is 0 Å². The SMILES string of the molecule is CC1(C)OB(c2ccn(C(=O)O)c2)OC1(C)C. The average Bonchev–Trinajstić information content (AvgIpc) is 2.70. The van der Waals surface area contributed by atoms with E-state index >= 15 is 0 Å². The minimum Gasteiger partial charge on any atom is -0.464 e. The summed E-state index contributed by atoms with van der Waals surface area (Å²) in [5, 5.41) is 8.83. The van der Waals surface area contributed by atoms with Gasteiger partial charge in [0.15, 0.2) is 0 Å². The number of hydrogen-bond acceptors (Lipinski definition) is 3. The van der Waals surface area contributed by atoms with Crippen LogP contribution < -0.4 is 5.46 Å². The number of aromatic nitrogens is 1. The second-order valence-corrected chi connectivity index (χ2v) is 5.22. The van der Waals surface area contributed by atoms with Crippen LogP contribution in [-0.4, -0.2) is 34.1 Å². The van der Waals surface area contributed by atoms with Gasteiger partial charge in [-0.2, -0.15) is 0 Å². The van der Waals surface area contributed by atoms with Crippen LogP contribution in [0.15, 0.2) is 18.5 Å². The molecular weight excluding hydrogens is 221 g/mol. The molecule has 92 valence electrons. The monoisotopic (exact) mass is 237 g/mol. The lowest BCUT2D eigenvalue weighted by atomic mass is 9.81. The van der Waals surface area contributed by atoms with Crippen molar-refractivity contribution in [1.82, 2.24) is 4.57 Å². The number of carboxylic acid groups (broad SMARTS) is 1. The maximum absolute atomic E-state index is 10.8. The third-order valence-corrected chi connectivity index (χ3v) is 3.46. The number of carbonyl (C=O) groups is 1. The van der Waals surface area contributed by atoms with E-state index in [1.54, 1.807) is 6.07 Å². The number of hydrogen-bond donors (Lipinski definition) is 1. The van der Waals surface area contributed by atoms with Crippen molar-refractivity contribution in [3.8, 4) is 0 Å². The first-order valence-electron chi connectivity index (χ1n) is 5.50. The van der Waals surface area contributed by atoms with Gasteiger partial charge in [-0.1, -0.05) is 0 Å². The van der Waals surface area contributed by atoms with Gasteiger partial charge in [-0.25, -0.2) is 4.79 Å². The minimum absolute atomic E-state index is 0.414. The maximum Gasteiger partial charge on any atom is 0.496 e. The van der Waals surface area contributed by atoms with Gasteiger partial charge in [0.2, 0.25) is 0 Å². The van der Waals surface area contributed by atoms with Gasteiger partial charge in [0.25, 0.3) is 0 Å². The molecule has 0 radical (unpaired) electrons. The first-order chi connectivity index (χ1) is 7.73. The fourth-order valence-electron chi connectivity index (χ4n) is 1.65. The Morgan fingerprint density at radius 1 is 1.29 bits per heavy atom. The van der Waals surface area contributed by atoms with E-state index in [-0.39, 0.29) is 0 Å². The van der Waals surface area contributed by atoms with Crippen molar-refractivity contribution in [3.63, 3.8) is 0 Å². The molecule has 17 heavy (non-hydrogen) atoms. The highest BCUT2D eigenvalue weighted by molar-refractivity contribution is 6.62. The fourth-order valence-corrected chi connectivity index (χ4v) is 1.65. The Bertz CT molecular complexity index is 436. The lowest BCUT2D eigenvalue weighted by Gasteiger charge is -2.32. The molecular formula is C11H16BNO4. The lowest BCUT2D eigenvalue weighted by Crippen LogP contribution is -2.41. The van der Waals surface area contributed by atoms with Crippen molar-refractivity contribution >= 4 is 18.7 Å². The zero-order valence-corrected chi connectivity index (χ0v) is 10.4. The van der Waals surface area contributed by atoms with Gasteiger partial charge in [0.1, 0.15) is 0 Å². The first-order valence-corrected chi connectivity index (χ1v) is 5.50. The van der Waals surface area contributed by atoms with Crippen molar-refractivity contribution in [2.45, 2.75) is 38.9 Å². The fraction of sp³-hybridized carbons (Fsp3) is 0.545. The summed E-state index contributed by atoms with van der Waals surface area (Å²) >= 11 is 0. The molecule has 0 spiro atoms. The van der Waals surface area contributed by atoms with E-state index in [0.29, 0.717) is 5.46 Å². The molecule has 6 heteroatoms. The van der Waals surface area contributed by atoms with Crippen molar-refractivity contribution in [1.29, 1.82) is 0 Å². The molecule has 0 aliphatic carbocycles. The van der Waals surface area contributed by atoms with Crippen LogP contribution in [0.3, 0.4) is 0 Å². The van der Waals surface area contributed by atoms with Crippen LogP contribution in [-0.2, 0) is 9.31 Å². The van der Waals surface area contributed by atoms with E-state index in [2.05, 4.69) is 0 Å². The third-order valence-electron chi connectivity index (χ3n) is 3.46. The summed E-state index contributed by atoms with van der Waals surface area (Å²) in [7, 11) is -0.513. The molecule has 1 aromatic heterocycles. The molecule has 1 aromatic rings. The molecule has 0 unspecified atom stereocenters. The minimum atomic E-state index is -1.02. The lowest BCUT2D eigenvalue weighted by molar-refractivity contribution is 0.00578. The van der Waals surface area contributed by atoms with Crippen LogP contribution in [0, 0.1) is 0 Å². The molecule has 1 aliphatic rings. The Morgan fingerprint density at radius 2 is 1.82 bits per heavy atom. The van der Waals surface area contributed by atoms with Crippen molar-refractivity contribution in [3.05, 3.63) is 18.5 Å². The van der Waals surface area contributed by atoms with Gasteiger partial charge >= 0.3 is 13.2 Å². The summed E-state index contributed by atoms with van der Waals surface area (Å²) in [6.45, 7) is 7.84. The molecule has 1 aliphatic heterocycles. The van der Waals surface area contributed by atoms with Gasteiger partial charge in [0, 0.05) is 17.9 Å². The summed E-state index contributed by atoms with van der Waals surface area (Å²) < 4.78 is 12.7. The second kappa shape index (κ2) is 3.61. The summed E-state index contributed by atoms with van der Waals surface area (Å²) in [5.74, 6) is 0. The molecule has 0 bridgehead atoms.